The maximum absolute atomic E-state index is 9.75. The van der Waals surface area contributed by atoms with Crippen LogP contribution in [-0.4, -0.2) is 12.4 Å². The molecule has 0 unspecified atom stereocenters. The lowest BCUT2D eigenvalue weighted by molar-refractivity contribution is -0.728. The highest BCUT2D eigenvalue weighted by Crippen LogP contribution is 2.06. The Hall–Kier alpha value is -0.555. The van der Waals surface area contributed by atoms with Crippen molar-refractivity contribution in [2.75, 3.05) is 0 Å². The Bertz CT molecular complexity index is 300. The molecule has 1 aromatic heterocycles. The molecule has 0 radical (unpaired) electrons. The monoisotopic (exact) mass is 250 g/mol. The summed E-state index contributed by atoms with van der Waals surface area (Å²) in [4.78, 5) is 0. The molecule has 0 N–H and O–H groups in total. The summed E-state index contributed by atoms with van der Waals surface area (Å²) in [5, 5.41) is 4.84. The molecule has 0 aliphatic rings. The molecule has 9 heteroatoms. The summed E-state index contributed by atoms with van der Waals surface area (Å²) >= 11 is 11.1. The smallest absolute Gasteiger partial charge is 0.418 e. The van der Waals surface area contributed by atoms with E-state index in [-0.39, 0.29) is 0 Å². The van der Waals surface area contributed by atoms with E-state index in [9.17, 15) is 17.3 Å². The Balaban J connectivity index is 0.000000292. The largest absolute Gasteiger partial charge is 0.673 e. The van der Waals surface area contributed by atoms with Crippen LogP contribution in [0.1, 0.15) is 0 Å². The molecule has 0 spiro atoms. The quantitative estimate of drug-likeness (QED) is 0.393. The maximum Gasteiger partial charge on any atom is 0.673 e. The fourth-order valence-electron chi connectivity index (χ4n) is 0.470. The van der Waals surface area contributed by atoms with Crippen LogP contribution in [0.5, 0.6) is 0 Å². The Kier molecular flexibility index (Phi) is 5.14. The van der Waals surface area contributed by atoms with Crippen molar-refractivity contribution < 1.29 is 21.9 Å². The highest BCUT2D eigenvalue weighted by atomic mass is 35.5. The van der Waals surface area contributed by atoms with Gasteiger partial charge in [0, 0.05) is 11.2 Å². The molecule has 1 rings (SSSR count). The predicted molar refractivity (Wildman–Crippen MR) is 45.6 cm³/mol. The van der Waals surface area contributed by atoms with E-state index < -0.39 is 7.25 Å². The lowest BCUT2D eigenvalue weighted by Crippen LogP contribution is -2.33. The summed E-state index contributed by atoms with van der Waals surface area (Å²) in [5.74, 6) is 0. The van der Waals surface area contributed by atoms with Crippen LogP contribution < -0.4 is 4.68 Å². The molecular weight excluding hydrogens is 246 g/mol. The third kappa shape index (κ3) is 8.06. The average molecular weight is 251 g/mol. The van der Waals surface area contributed by atoms with Crippen molar-refractivity contribution in [1.29, 1.82) is 0 Å². The van der Waals surface area contributed by atoms with Crippen LogP contribution >= 0.6 is 23.2 Å². The lowest BCUT2D eigenvalue weighted by Gasteiger charge is -1.94. The van der Waals surface area contributed by atoms with Crippen LogP contribution in [0.4, 0.5) is 17.3 Å². The zero-order valence-corrected chi connectivity index (χ0v) is 8.41. The van der Waals surface area contributed by atoms with Crippen molar-refractivity contribution in [3.05, 3.63) is 22.4 Å². The predicted octanol–water partition coefficient (Wildman–Crippen LogP) is 2.51. The first kappa shape index (κ1) is 13.4. The minimum absolute atomic E-state index is 0.446. The van der Waals surface area contributed by atoms with E-state index in [1.165, 1.54) is 4.68 Å². The zero-order valence-electron chi connectivity index (χ0n) is 6.89. The van der Waals surface area contributed by atoms with E-state index in [1.54, 1.807) is 19.2 Å². The first-order valence-corrected chi connectivity index (χ1v) is 4.01. The SMILES string of the molecule is C[n+]1nc(Cl)ccc1Cl.F[B-](F)(F)F. The first-order valence-electron chi connectivity index (χ1n) is 3.26. The highest BCUT2D eigenvalue weighted by Gasteiger charge is 2.20. The second-order valence-corrected chi connectivity index (χ2v) is 2.87. The van der Waals surface area contributed by atoms with Gasteiger partial charge in [0.1, 0.15) is 0 Å². The van der Waals surface area contributed by atoms with Crippen LogP contribution in [0.2, 0.25) is 10.3 Å². The normalized spacial score (nSPS) is 10.5. The third-order valence-electron chi connectivity index (χ3n) is 0.913. The van der Waals surface area contributed by atoms with Gasteiger partial charge in [-0.15, -0.1) is 0 Å². The minimum atomic E-state index is -6.00. The van der Waals surface area contributed by atoms with Gasteiger partial charge in [-0.05, 0) is 17.7 Å². The summed E-state index contributed by atoms with van der Waals surface area (Å²) in [7, 11) is -4.27. The Morgan fingerprint density at radius 1 is 1.21 bits per heavy atom. The van der Waals surface area contributed by atoms with E-state index in [0.29, 0.717) is 10.3 Å². The van der Waals surface area contributed by atoms with Gasteiger partial charge < -0.3 is 17.3 Å². The molecule has 0 saturated heterocycles. The van der Waals surface area contributed by atoms with E-state index in [0.717, 1.165) is 0 Å². The number of hydrogen-bond acceptors (Lipinski definition) is 1. The van der Waals surface area contributed by atoms with Crippen molar-refractivity contribution in [1.82, 2.24) is 5.10 Å². The van der Waals surface area contributed by atoms with Gasteiger partial charge in [0.25, 0.3) is 5.15 Å². The molecule has 0 bridgehead atoms. The summed E-state index contributed by atoms with van der Waals surface area (Å²) in [6.45, 7) is 0. The van der Waals surface area contributed by atoms with Crippen LogP contribution in [0.15, 0.2) is 12.1 Å². The maximum atomic E-state index is 9.75. The van der Waals surface area contributed by atoms with Gasteiger partial charge in [0.2, 0.25) is 0 Å². The van der Waals surface area contributed by atoms with Gasteiger partial charge >= 0.3 is 7.25 Å². The molecule has 1 aromatic rings. The topological polar surface area (TPSA) is 16.8 Å². The van der Waals surface area contributed by atoms with Crippen molar-refractivity contribution >= 4 is 30.5 Å². The highest BCUT2D eigenvalue weighted by molar-refractivity contribution is 6.50. The summed E-state index contributed by atoms with van der Waals surface area (Å²) in [5.41, 5.74) is 0. The zero-order chi connectivity index (χ0) is 11.4. The van der Waals surface area contributed by atoms with Gasteiger partial charge in [0.05, 0.1) is 0 Å². The molecule has 0 fully saturated rings. The molecule has 0 aliphatic heterocycles. The van der Waals surface area contributed by atoms with Crippen molar-refractivity contribution in [3.63, 3.8) is 0 Å². The molecule has 2 nitrogen and oxygen atoms in total. The molecule has 0 aromatic carbocycles. The van der Waals surface area contributed by atoms with Crippen molar-refractivity contribution in [2.45, 2.75) is 0 Å². The van der Waals surface area contributed by atoms with Gasteiger partial charge in [-0.1, -0.05) is 16.3 Å². The Morgan fingerprint density at radius 3 is 1.93 bits per heavy atom. The molecule has 0 amide bonds. The average Bonchev–Trinajstić information content (AvgIpc) is 1.94. The van der Waals surface area contributed by atoms with Gasteiger partial charge in [-0.2, -0.15) is 0 Å². The van der Waals surface area contributed by atoms with E-state index >= 15 is 0 Å². The molecule has 80 valence electrons. The number of rotatable bonds is 0. The van der Waals surface area contributed by atoms with Gasteiger partial charge in [-0.25, -0.2) is 0 Å². The van der Waals surface area contributed by atoms with Crippen LogP contribution in [0.25, 0.3) is 0 Å². The number of halogens is 6. The van der Waals surface area contributed by atoms with Crippen molar-refractivity contribution in [2.24, 2.45) is 7.05 Å². The number of hydrogen-bond donors (Lipinski definition) is 0. The lowest BCUT2D eigenvalue weighted by atomic mass is 10.3. The van der Waals surface area contributed by atoms with Crippen LogP contribution in [0.3, 0.4) is 0 Å². The standard InChI is InChI=1S/C5H5Cl2N2.BF4/c1-9-5(7)3-2-4(6)8-9;2-1(3,4)5/h2-3H,1H3;/q+1;-1. The fourth-order valence-corrected chi connectivity index (χ4v) is 0.747. The molecule has 14 heavy (non-hydrogen) atoms. The summed E-state index contributed by atoms with van der Waals surface area (Å²) < 4.78 is 40.5. The van der Waals surface area contributed by atoms with E-state index in [4.69, 9.17) is 23.2 Å². The first-order chi connectivity index (χ1) is 6.20. The minimum Gasteiger partial charge on any atom is -0.418 e. The molecule has 0 atom stereocenters. The number of aryl methyl sites for hydroxylation is 1. The Labute approximate surface area is 87.5 Å². The second-order valence-electron chi connectivity index (χ2n) is 2.10. The molecule has 1 heterocycles. The summed E-state index contributed by atoms with van der Waals surface area (Å²) in [6.07, 6.45) is 0. The van der Waals surface area contributed by atoms with Gasteiger partial charge in [0.15, 0.2) is 12.2 Å². The van der Waals surface area contributed by atoms with Gasteiger partial charge in [-0.3, -0.25) is 0 Å². The third-order valence-corrected chi connectivity index (χ3v) is 1.49. The number of aromatic nitrogens is 2. The van der Waals surface area contributed by atoms with Crippen LogP contribution in [0, 0.1) is 0 Å². The van der Waals surface area contributed by atoms with Crippen LogP contribution in [-0.2, 0) is 7.05 Å². The van der Waals surface area contributed by atoms with E-state index in [1.807, 2.05) is 0 Å². The molecular formula is C5H5BCl2F4N2. The fraction of sp³-hybridized carbons (Fsp3) is 0.200. The Morgan fingerprint density at radius 2 is 1.64 bits per heavy atom. The van der Waals surface area contributed by atoms with Crippen molar-refractivity contribution in [3.8, 4) is 0 Å². The molecule has 0 aliphatic carbocycles. The molecule has 0 saturated carbocycles. The summed E-state index contributed by atoms with van der Waals surface area (Å²) in [6, 6.07) is 3.33. The second kappa shape index (κ2) is 5.36. The number of nitrogens with zero attached hydrogens (tertiary/aromatic N) is 2. The van der Waals surface area contributed by atoms with E-state index in [2.05, 4.69) is 5.10 Å².